The van der Waals surface area contributed by atoms with Gasteiger partial charge in [0.1, 0.15) is 18.1 Å². The lowest BCUT2D eigenvalue weighted by atomic mass is 10.2. The molecule has 1 amide bonds. The molecule has 9 nitrogen and oxygen atoms in total. The molecule has 32 heavy (non-hydrogen) atoms. The van der Waals surface area contributed by atoms with Crippen molar-refractivity contribution in [2.45, 2.75) is 0 Å². The van der Waals surface area contributed by atoms with E-state index in [4.69, 9.17) is 9.47 Å². The Morgan fingerprint density at radius 1 is 1.16 bits per heavy atom. The lowest BCUT2D eigenvalue weighted by Crippen LogP contribution is -2.08. The van der Waals surface area contributed by atoms with Crippen LogP contribution in [-0.4, -0.2) is 41.3 Å². The van der Waals surface area contributed by atoms with E-state index in [-0.39, 0.29) is 23.2 Å². The predicted molar refractivity (Wildman–Crippen MR) is 119 cm³/mol. The fourth-order valence-corrected chi connectivity index (χ4v) is 2.56. The summed E-state index contributed by atoms with van der Waals surface area (Å²) >= 11 is 0. The molecular formula is C22H22FN5O4. The standard InChI is InChI=1S/C22H22FN5O4/c1-3-20(30)27-18-12-15(6-9-19(18)29)25-21-17(23)13-24-22(28-21)26-14-4-7-16(8-5-14)32-11-10-31-2/h3-9,12-13,29H,1,10-11H2,2H3,(H,27,30)(H2,24,25,26,28). The molecule has 0 aliphatic rings. The number of benzene rings is 2. The van der Waals surface area contributed by atoms with Crippen molar-refractivity contribution in [3.05, 3.63) is 67.1 Å². The Bertz CT molecular complexity index is 1090. The number of nitrogens with zero attached hydrogens (tertiary/aromatic N) is 2. The average molecular weight is 439 g/mol. The van der Waals surface area contributed by atoms with Gasteiger partial charge in [-0.15, -0.1) is 0 Å². The number of hydrogen-bond donors (Lipinski definition) is 4. The van der Waals surface area contributed by atoms with Crippen LogP contribution in [0.25, 0.3) is 0 Å². The summed E-state index contributed by atoms with van der Waals surface area (Å²) in [5, 5.41) is 18.1. The van der Waals surface area contributed by atoms with Crippen molar-refractivity contribution in [2.75, 3.05) is 36.3 Å². The summed E-state index contributed by atoms with van der Waals surface area (Å²) in [6.07, 6.45) is 2.10. The molecule has 2 aromatic carbocycles. The predicted octanol–water partition coefficient (Wildman–Crippen LogP) is 3.96. The number of nitrogens with one attached hydrogen (secondary N) is 3. The van der Waals surface area contributed by atoms with Gasteiger partial charge in [0.15, 0.2) is 11.6 Å². The molecule has 3 rings (SSSR count). The zero-order valence-electron chi connectivity index (χ0n) is 17.3. The lowest BCUT2D eigenvalue weighted by molar-refractivity contribution is -0.111. The van der Waals surface area contributed by atoms with Gasteiger partial charge in [-0.05, 0) is 48.5 Å². The fourth-order valence-electron chi connectivity index (χ4n) is 2.56. The van der Waals surface area contributed by atoms with Crippen LogP contribution >= 0.6 is 0 Å². The number of aromatic hydroxyl groups is 1. The summed E-state index contributed by atoms with van der Waals surface area (Å²) in [7, 11) is 1.60. The van der Waals surface area contributed by atoms with E-state index in [0.29, 0.717) is 30.3 Å². The number of phenolic OH excluding ortho intramolecular Hbond substituents is 1. The van der Waals surface area contributed by atoms with Crippen LogP contribution in [0.15, 0.2) is 61.3 Å². The highest BCUT2D eigenvalue weighted by atomic mass is 19.1. The number of carbonyl (C=O) groups excluding carboxylic acids is 1. The number of anilines is 5. The van der Waals surface area contributed by atoms with Crippen molar-refractivity contribution in [1.82, 2.24) is 9.97 Å². The third-order valence-electron chi connectivity index (χ3n) is 4.11. The molecule has 0 atom stereocenters. The molecule has 0 spiro atoms. The van der Waals surface area contributed by atoms with Crippen molar-refractivity contribution >= 4 is 34.7 Å². The lowest BCUT2D eigenvalue weighted by Gasteiger charge is -2.12. The number of hydrogen-bond acceptors (Lipinski definition) is 8. The number of aromatic nitrogens is 2. The van der Waals surface area contributed by atoms with Crippen molar-refractivity contribution in [3.63, 3.8) is 0 Å². The van der Waals surface area contributed by atoms with Gasteiger partial charge in [0.25, 0.3) is 0 Å². The highest BCUT2D eigenvalue weighted by Gasteiger charge is 2.10. The number of rotatable bonds is 10. The Labute approximate surface area is 183 Å². The minimum Gasteiger partial charge on any atom is -0.506 e. The molecule has 0 aliphatic carbocycles. The third kappa shape index (κ3) is 6.16. The zero-order chi connectivity index (χ0) is 22.9. The highest BCUT2D eigenvalue weighted by Crippen LogP contribution is 2.29. The number of phenols is 1. The minimum absolute atomic E-state index is 0.0892. The molecule has 166 valence electrons. The highest BCUT2D eigenvalue weighted by molar-refractivity contribution is 6.00. The summed E-state index contributed by atoms with van der Waals surface area (Å²) in [5.74, 6) is -0.559. The summed E-state index contributed by atoms with van der Waals surface area (Å²) in [4.78, 5) is 19.6. The van der Waals surface area contributed by atoms with E-state index in [1.54, 1.807) is 31.4 Å². The second-order valence-electron chi connectivity index (χ2n) is 6.43. The summed E-state index contributed by atoms with van der Waals surface area (Å²) in [6, 6.07) is 11.4. The van der Waals surface area contributed by atoms with Gasteiger partial charge in [0, 0.05) is 18.5 Å². The molecule has 1 heterocycles. The third-order valence-corrected chi connectivity index (χ3v) is 4.11. The fraction of sp³-hybridized carbons (Fsp3) is 0.136. The van der Waals surface area contributed by atoms with Crippen molar-refractivity contribution in [1.29, 1.82) is 0 Å². The number of ether oxygens (including phenoxy) is 2. The molecule has 4 N–H and O–H groups in total. The Balaban J connectivity index is 1.71. The normalized spacial score (nSPS) is 10.3. The zero-order valence-corrected chi connectivity index (χ0v) is 17.3. The molecule has 0 saturated heterocycles. The van der Waals surface area contributed by atoms with E-state index in [0.717, 1.165) is 12.3 Å². The molecule has 1 aromatic heterocycles. The second-order valence-corrected chi connectivity index (χ2v) is 6.43. The van der Waals surface area contributed by atoms with Crippen LogP contribution in [0.2, 0.25) is 0 Å². The number of carbonyl (C=O) groups is 1. The summed E-state index contributed by atoms with van der Waals surface area (Å²) < 4.78 is 24.7. The van der Waals surface area contributed by atoms with Crippen LogP contribution in [0.4, 0.5) is 33.2 Å². The smallest absolute Gasteiger partial charge is 0.247 e. The van der Waals surface area contributed by atoms with Crippen LogP contribution < -0.4 is 20.7 Å². The maximum absolute atomic E-state index is 14.3. The van der Waals surface area contributed by atoms with Crippen molar-refractivity contribution in [2.24, 2.45) is 0 Å². The van der Waals surface area contributed by atoms with Crippen LogP contribution in [0.1, 0.15) is 0 Å². The van der Waals surface area contributed by atoms with Gasteiger partial charge in [-0.25, -0.2) is 9.37 Å². The Morgan fingerprint density at radius 3 is 2.62 bits per heavy atom. The van der Waals surface area contributed by atoms with Crippen molar-refractivity contribution < 1.29 is 23.8 Å². The van der Waals surface area contributed by atoms with Gasteiger partial charge in [-0.2, -0.15) is 4.98 Å². The van der Waals surface area contributed by atoms with Crippen molar-refractivity contribution in [3.8, 4) is 11.5 Å². The second kappa shape index (κ2) is 10.7. The van der Waals surface area contributed by atoms with Gasteiger partial charge in [0.2, 0.25) is 11.9 Å². The van der Waals surface area contributed by atoms with Crippen LogP contribution in [-0.2, 0) is 9.53 Å². The number of methoxy groups -OCH3 is 1. The molecule has 0 fully saturated rings. The van der Waals surface area contributed by atoms with Gasteiger partial charge in [-0.1, -0.05) is 6.58 Å². The quantitative estimate of drug-likeness (QED) is 0.162. The maximum atomic E-state index is 14.3. The van der Waals surface area contributed by atoms with Gasteiger partial charge in [-0.3, -0.25) is 4.79 Å². The van der Waals surface area contributed by atoms with Crippen LogP contribution in [0, 0.1) is 5.82 Å². The summed E-state index contributed by atoms with van der Waals surface area (Å²) in [6.45, 7) is 4.29. The molecule has 3 aromatic rings. The molecule has 0 radical (unpaired) electrons. The van der Waals surface area contributed by atoms with E-state index in [2.05, 4.69) is 32.5 Å². The van der Waals surface area contributed by atoms with Gasteiger partial charge < -0.3 is 30.5 Å². The summed E-state index contributed by atoms with van der Waals surface area (Å²) in [5.41, 5.74) is 1.21. The molecule has 0 unspecified atom stereocenters. The molecule has 10 heteroatoms. The first kappa shape index (κ1) is 22.5. The Kier molecular flexibility index (Phi) is 7.55. The maximum Gasteiger partial charge on any atom is 0.247 e. The van der Waals surface area contributed by atoms with E-state index in [1.807, 2.05) is 0 Å². The molecular weight excluding hydrogens is 417 g/mol. The molecule has 0 aliphatic heterocycles. The van der Waals surface area contributed by atoms with Crippen LogP contribution in [0.3, 0.4) is 0 Å². The number of halogens is 1. The van der Waals surface area contributed by atoms with E-state index in [1.165, 1.54) is 18.2 Å². The largest absolute Gasteiger partial charge is 0.506 e. The van der Waals surface area contributed by atoms with Gasteiger partial charge >= 0.3 is 0 Å². The monoisotopic (exact) mass is 439 g/mol. The van der Waals surface area contributed by atoms with E-state index >= 15 is 0 Å². The first-order chi connectivity index (χ1) is 15.5. The SMILES string of the molecule is C=CC(=O)Nc1cc(Nc2nc(Nc3ccc(OCCOC)cc3)ncc2F)ccc1O. The van der Waals surface area contributed by atoms with Gasteiger partial charge in [0.05, 0.1) is 18.5 Å². The Morgan fingerprint density at radius 2 is 1.91 bits per heavy atom. The topological polar surface area (TPSA) is 118 Å². The average Bonchev–Trinajstić information content (AvgIpc) is 2.79. The number of amides is 1. The van der Waals surface area contributed by atoms with E-state index in [9.17, 15) is 14.3 Å². The molecule has 0 saturated carbocycles. The molecule has 0 bridgehead atoms. The first-order valence-corrected chi connectivity index (χ1v) is 9.53. The van der Waals surface area contributed by atoms with Crippen LogP contribution in [0.5, 0.6) is 11.5 Å². The first-order valence-electron chi connectivity index (χ1n) is 9.53. The minimum atomic E-state index is -0.679. The Hall–Kier alpha value is -4.18. The van der Waals surface area contributed by atoms with E-state index < -0.39 is 11.7 Å².